The van der Waals surface area contributed by atoms with E-state index in [9.17, 15) is 0 Å². The third-order valence-corrected chi connectivity index (χ3v) is 11.2. The maximum Gasteiger partial charge on any atom is 0.135 e. The van der Waals surface area contributed by atoms with E-state index in [2.05, 4.69) is 218 Å². The first kappa shape index (κ1) is 32.7. The smallest absolute Gasteiger partial charge is 0.135 e. The molecule has 1 aliphatic carbocycles. The first-order valence-corrected chi connectivity index (χ1v) is 19.1. The van der Waals surface area contributed by atoms with Gasteiger partial charge in [-0.2, -0.15) is 0 Å². The Balaban J connectivity index is 1.22. The molecule has 1 aromatic heterocycles. The minimum absolute atomic E-state index is 0.132. The molecule has 0 aliphatic heterocycles. The molecule has 1 heterocycles. The van der Waals surface area contributed by atoms with E-state index in [1.165, 1.54) is 55.1 Å². The lowest BCUT2D eigenvalue weighted by atomic mass is 9.77. The predicted octanol–water partition coefficient (Wildman–Crippen LogP) is 14.9. The fourth-order valence-corrected chi connectivity index (χ4v) is 8.53. The van der Waals surface area contributed by atoms with Crippen LogP contribution in [0.3, 0.4) is 0 Å². The number of hydrogen-bond donors (Lipinski definition) is 0. The number of furan rings is 1. The highest BCUT2D eigenvalue weighted by Gasteiger charge is 2.31. The van der Waals surface area contributed by atoms with Crippen LogP contribution in [0.5, 0.6) is 0 Å². The van der Waals surface area contributed by atoms with E-state index in [4.69, 9.17) is 4.42 Å². The fourth-order valence-electron chi connectivity index (χ4n) is 8.53. The summed E-state index contributed by atoms with van der Waals surface area (Å²) in [6.45, 7) is 2.32. The standard InChI is InChI=1S/C53H39NO/c1-36-27-32-51-53(47-24-11-13-26-50(47)55-51)52(36)43-21-14-22-44(34-43)54(48-25-12-10-23-45(48)38-16-4-2-5-17-38)49-35-42(30-31-46(49)39-18-6-3-7-19-39)41-29-28-37-15-8-9-20-40(37)33-41/h2-36,52H,1H3. The number of rotatable bonds is 7. The first-order valence-electron chi connectivity index (χ1n) is 19.1. The molecule has 2 nitrogen and oxygen atoms in total. The Kier molecular flexibility index (Phi) is 8.22. The van der Waals surface area contributed by atoms with Crippen molar-refractivity contribution in [1.29, 1.82) is 0 Å². The molecular formula is C53H39NO. The molecule has 0 N–H and O–H groups in total. The molecule has 0 spiro atoms. The molecule has 0 amide bonds. The molecule has 0 saturated heterocycles. The first-order chi connectivity index (χ1) is 27.2. The summed E-state index contributed by atoms with van der Waals surface area (Å²) < 4.78 is 6.42. The van der Waals surface area contributed by atoms with Gasteiger partial charge in [0.15, 0.2) is 0 Å². The number of para-hydroxylation sites is 2. The van der Waals surface area contributed by atoms with Gasteiger partial charge in [0.25, 0.3) is 0 Å². The highest BCUT2D eigenvalue weighted by molar-refractivity contribution is 5.96. The van der Waals surface area contributed by atoms with Crippen molar-refractivity contribution < 1.29 is 4.42 Å². The van der Waals surface area contributed by atoms with Crippen molar-refractivity contribution in [1.82, 2.24) is 0 Å². The zero-order valence-corrected chi connectivity index (χ0v) is 30.6. The Morgan fingerprint density at radius 3 is 1.95 bits per heavy atom. The molecule has 9 aromatic rings. The number of nitrogens with zero attached hydrogens (tertiary/aromatic N) is 1. The van der Waals surface area contributed by atoms with Crippen LogP contribution in [-0.4, -0.2) is 0 Å². The fraction of sp³-hybridized carbons (Fsp3) is 0.0566. The van der Waals surface area contributed by atoms with Gasteiger partial charge in [-0.3, -0.25) is 0 Å². The third-order valence-electron chi connectivity index (χ3n) is 11.2. The van der Waals surface area contributed by atoms with E-state index in [0.29, 0.717) is 0 Å². The molecule has 0 fully saturated rings. The summed E-state index contributed by atoms with van der Waals surface area (Å²) in [6, 6.07) is 70.3. The Morgan fingerprint density at radius 2 is 1.13 bits per heavy atom. The summed E-state index contributed by atoms with van der Waals surface area (Å²) in [7, 11) is 0. The molecular weight excluding hydrogens is 667 g/mol. The summed E-state index contributed by atoms with van der Waals surface area (Å²) in [5.74, 6) is 1.37. The molecule has 10 rings (SSSR count). The van der Waals surface area contributed by atoms with E-state index < -0.39 is 0 Å². The van der Waals surface area contributed by atoms with Gasteiger partial charge in [0, 0.05) is 33.7 Å². The van der Waals surface area contributed by atoms with Crippen LogP contribution in [0.25, 0.3) is 61.2 Å². The van der Waals surface area contributed by atoms with Crippen molar-refractivity contribution in [3.8, 4) is 33.4 Å². The summed E-state index contributed by atoms with van der Waals surface area (Å²) in [5, 5.41) is 3.65. The Morgan fingerprint density at radius 1 is 0.473 bits per heavy atom. The molecule has 8 aromatic carbocycles. The summed E-state index contributed by atoms with van der Waals surface area (Å²) in [6.07, 6.45) is 4.46. The molecule has 1 aliphatic rings. The zero-order chi connectivity index (χ0) is 36.7. The predicted molar refractivity (Wildman–Crippen MR) is 231 cm³/mol. The van der Waals surface area contributed by atoms with Gasteiger partial charge < -0.3 is 9.32 Å². The lowest BCUT2D eigenvalue weighted by Crippen LogP contribution is -2.16. The second-order valence-electron chi connectivity index (χ2n) is 14.5. The van der Waals surface area contributed by atoms with Gasteiger partial charge in [-0.25, -0.2) is 0 Å². The molecule has 2 atom stereocenters. The summed E-state index contributed by atoms with van der Waals surface area (Å²) in [5.41, 5.74) is 13.8. The van der Waals surface area contributed by atoms with Crippen LogP contribution in [0.1, 0.15) is 29.7 Å². The van der Waals surface area contributed by atoms with E-state index in [0.717, 1.165) is 34.0 Å². The van der Waals surface area contributed by atoms with Crippen LogP contribution in [-0.2, 0) is 0 Å². The van der Waals surface area contributed by atoms with Gasteiger partial charge in [-0.1, -0.05) is 171 Å². The summed E-state index contributed by atoms with van der Waals surface area (Å²) in [4.78, 5) is 2.48. The average Bonchev–Trinajstić information content (AvgIpc) is 3.63. The van der Waals surface area contributed by atoms with Crippen LogP contribution in [0, 0.1) is 5.92 Å². The van der Waals surface area contributed by atoms with Crippen molar-refractivity contribution in [2.24, 2.45) is 5.92 Å². The zero-order valence-electron chi connectivity index (χ0n) is 30.6. The highest BCUT2D eigenvalue weighted by atomic mass is 16.3. The van der Waals surface area contributed by atoms with Gasteiger partial charge in [0.05, 0.1) is 11.4 Å². The number of benzene rings is 8. The molecule has 55 heavy (non-hydrogen) atoms. The van der Waals surface area contributed by atoms with Crippen LogP contribution < -0.4 is 4.90 Å². The van der Waals surface area contributed by atoms with Crippen molar-refractivity contribution in [2.45, 2.75) is 12.8 Å². The number of anilines is 3. The topological polar surface area (TPSA) is 16.4 Å². The number of fused-ring (bicyclic) bond motifs is 4. The van der Waals surface area contributed by atoms with Crippen LogP contribution in [0.4, 0.5) is 17.1 Å². The SMILES string of the molecule is CC1C=Cc2oc3ccccc3c2C1c1cccc(N(c2ccccc2-c2ccccc2)c2cc(-c3ccc4ccccc4c3)ccc2-c2ccccc2)c1. The quantitative estimate of drug-likeness (QED) is 0.164. The van der Waals surface area contributed by atoms with Crippen molar-refractivity contribution in [2.75, 3.05) is 4.90 Å². The van der Waals surface area contributed by atoms with E-state index in [-0.39, 0.29) is 11.8 Å². The van der Waals surface area contributed by atoms with Crippen LogP contribution >= 0.6 is 0 Å². The van der Waals surface area contributed by atoms with Crippen LogP contribution in [0.2, 0.25) is 0 Å². The third kappa shape index (κ3) is 5.93. The summed E-state index contributed by atoms with van der Waals surface area (Å²) >= 11 is 0. The lowest BCUT2D eigenvalue weighted by Gasteiger charge is -2.32. The van der Waals surface area contributed by atoms with Gasteiger partial charge in [-0.05, 0) is 87.0 Å². The lowest BCUT2D eigenvalue weighted by molar-refractivity contribution is 0.560. The van der Waals surface area contributed by atoms with Crippen molar-refractivity contribution in [3.63, 3.8) is 0 Å². The largest absolute Gasteiger partial charge is 0.456 e. The minimum Gasteiger partial charge on any atom is -0.456 e. The Labute approximate surface area is 322 Å². The average molecular weight is 706 g/mol. The van der Waals surface area contributed by atoms with E-state index in [1.54, 1.807) is 0 Å². The maximum absolute atomic E-state index is 6.42. The maximum atomic E-state index is 6.42. The number of allylic oxidation sites excluding steroid dienone is 1. The second kappa shape index (κ2) is 13.8. The second-order valence-corrected chi connectivity index (χ2v) is 14.5. The van der Waals surface area contributed by atoms with E-state index in [1.807, 2.05) is 0 Å². The molecule has 262 valence electrons. The Hall–Kier alpha value is -6.90. The van der Waals surface area contributed by atoms with Gasteiger partial charge in [-0.15, -0.1) is 0 Å². The molecule has 2 unspecified atom stereocenters. The van der Waals surface area contributed by atoms with Crippen LogP contribution in [0.15, 0.2) is 205 Å². The molecule has 0 bridgehead atoms. The molecule has 0 radical (unpaired) electrons. The Bertz CT molecular complexity index is 2850. The highest BCUT2D eigenvalue weighted by Crippen LogP contribution is 2.49. The monoisotopic (exact) mass is 705 g/mol. The molecule has 2 heteroatoms. The number of hydrogen-bond acceptors (Lipinski definition) is 2. The molecule has 0 saturated carbocycles. The van der Waals surface area contributed by atoms with Crippen molar-refractivity contribution in [3.05, 3.63) is 217 Å². The van der Waals surface area contributed by atoms with Gasteiger partial charge in [0.1, 0.15) is 11.3 Å². The van der Waals surface area contributed by atoms with E-state index >= 15 is 0 Å². The normalized spacial score (nSPS) is 14.9. The van der Waals surface area contributed by atoms with Crippen molar-refractivity contribution >= 4 is 44.9 Å². The van der Waals surface area contributed by atoms with Gasteiger partial charge >= 0.3 is 0 Å². The minimum atomic E-state index is 0.132. The van der Waals surface area contributed by atoms with Gasteiger partial charge in [0.2, 0.25) is 0 Å².